The van der Waals surface area contributed by atoms with Crippen LogP contribution in [0.5, 0.6) is 0 Å². The van der Waals surface area contributed by atoms with Gasteiger partial charge in [-0.2, -0.15) is 13.2 Å². The highest BCUT2D eigenvalue weighted by atomic mass is 19.4. The van der Waals surface area contributed by atoms with Crippen LogP contribution < -0.4 is 5.32 Å². The third-order valence-corrected chi connectivity index (χ3v) is 6.51. The number of hydrogen-bond acceptors (Lipinski definition) is 3. The van der Waals surface area contributed by atoms with E-state index in [2.05, 4.69) is 15.5 Å². The van der Waals surface area contributed by atoms with Gasteiger partial charge in [0.15, 0.2) is 0 Å². The van der Waals surface area contributed by atoms with Gasteiger partial charge in [-0.3, -0.25) is 0 Å². The molecule has 2 heterocycles. The van der Waals surface area contributed by atoms with Crippen molar-refractivity contribution in [3.8, 4) is 0 Å². The molecule has 2 unspecified atom stereocenters. The number of hydrogen-bond donors (Lipinski definition) is 1. The number of aromatic nitrogens is 3. The highest BCUT2D eigenvalue weighted by Gasteiger charge is 2.53. The van der Waals surface area contributed by atoms with Crippen molar-refractivity contribution in [1.29, 1.82) is 0 Å². The summed E-state index contributed by atoms with van der Waals surface area (Å²) in [5.74, 6) is 1.36. The van der Waals surface area contributed by atoms with Crippen LogP contribution in [0, 0.1) is 11.3 Å². The van der Waals surface area contributed by atoms with Gasteiger partial charge in [0.25, 0.3) is 0 Å². The minimum Gasteiger partial charge on any atom is -0.316 e. The Morgan fingerprint density at radius 3 is 2.68 bits per heavy atom. The Labute approximate surface area is 181 Å². The molecule has 31 heavy (non-hydrogen) atoms. The van der Waals surface area contributed by atoms with Crippen molar-refractivity contribution in [2.24, 2.45) is 11.3 Å². The van der Waals surface area contributed by atoms with E-state index in [0.29, 0.717) is 12.2 Å². The minimum atomic E-state index is -4.36. The molecule has 2 aromatic rings. The van der Waals surface area contributed by atoms with Gasteiger partial charge in [0.2, 0.25) is 0 Å². The van der Waals surface area contributed by atoms with Gasteiger partial charge in [-0.15, -0.1) is 10.2 Å². The lowest BCUT2D eigenvalue weighted by Gasteiger charge is -2.35. The molecule has 1 N–H and O–H groups in total. The van der Waals surface area contributed by atoms with E-state index in [1.165, 1.54) is 18.8 Å². The third kappa shape index (κ3) is 5.09. The van der Waals surface area contributed by atoms with Crippen molar-refractivity contribution >= 4 is 5.57 Å². The van der Waals surface area contributed by atoms with Gasteiger partial charge in [-0.05, 0) is 55.8 Å². The Kier molecular flexibility index (Phi) is 6.60. The molecule has 4 rings (SSSR count). The summed E-state index contributed by atoms with van der Waals surface area (Å²) in [6, 6.07) is 9.51. The quantitative estimate of drug-likeness (QED) is 0.586. The summed E-state index contributed by atoms with van der Waals surface area (Å²) in [6.45, 7) is 1.97. The molecule has 2 aliphatic rings. The fraction of sp³-hybridized carbons (Fsp3) is 0.500. The molecule has 1 aliphatic carbocycles. The maximum absolute atomic E-state index is 14.2. The summed E-state index contributed by atoms with van der Waals surface area (Å²) in [6.07, 6.45) is 6.62. The van der Waals surface area contributed by atoms with Crippen LogP contribution in [-0.2, 0) is 13.0 Å². The second-order valence-corrected chi connectivity index (χ2v) is 8.70. The van der Waals surface area contributed by atoms with Crippen LogP contribution in [0.15, 0.2) is 54.9 Å². The molecule has 2 atom stereocenters. The minimum absolute atomic E-state index is 0.0937. The first-order valence-electron chi connectivity index (χ1n) is 11.1. The first-order valence-corrected chi connectivity index (χ1v) is 11.1. The smallest absolute Gasteiger partial charge is 0.316 e. The van der Waals surface area contributed by atoms with Crippen LogP contribution in [-0.4, -0.2) is 34.0 Å². The molecule has 0 amide bonds. The van der Waals surface area contributed by atoms with E-state index in [-0.39, 0.29) is 13.0 Å². The van der Waals surface area contributed by atoms with Gasteiger partial charge >= 0.3 is 6.18 Å². The first kappa shape index (κ1) is 21.8. The van der Waals surface area contributed by atoms with Crippen molar-refractivity contribution in [3.05, 3.63) is 66.3 Å². The molecule has 1 aromatic heterocycles. The molecule has 7 heteroatoms. The Morgan fingerprint density at radius 1 is 1.16 bits per heavy atom. The monoisotopic (exact) mass is 430 g/mol. The van der Waals surface area contributed by atoms with E-state index < -0.39 is 11.6 Å². The molecule has 0 spiro atoms. The van der Waals surface area contributed by atoms with Crippen molar-refractivity contribution in [1.82, 2.24) is 20.1 Å². The lowest BCUT2D eigenvalue weighted by molar-refractivity contribution is -0.209. The molecule has 1 fully saturated rings. The van der Waals surface area contributed by atoms with E-state index in [4.69, 9.17) is 0 Å². The first-order chi connectivity index (χ1) is 15.0. The summed E-state index contributed by atoms with van der Waals surface area (Å²) in [7, 11) is 0. The van der Waals surface area contributed by atoms with Crippen molar-refractivity contribution in [3.63, 3.8) is 0 Å². The molecule has 166 valence electrons. The van der Waals surface area contributed by atoms with E-state index in [1.54, 1.807) is 16.7 Å². The molecule has 0 saturated carbocycles. The molecule has 0 radical (unpaired) electrons. The number of nitrogens with one attached hydrogen (secondary N) is 1. The highest BCUT2D eigenvalue weighted by molar-refractivity contribution is 5.75. The number of allylic oxidation sites excluding steroid dienone is 4. The Hall–Kier alpha value is -2.41. The topological polar surface area (TPSA) is 42.7 Å². The van der Waals surface area contributed by atoms with E-state index in [1.807, 2.05) is 30.3 Å². The van der Waals surface area contributed by atoms with E-state index >= 15 is 0 Å². The summed E-state index contributed by atoms with van der Waals surface area (Å²) in [4.78, 5) is 0. The van der Waals surface area contributed by atoms with Crippen LogP contribution in [0.2, 0.25) is 0 Å². The average molecular weight is 431 g/mol. The fourth-order valence-corrected chi connectivity index (χ4v) is 4.52. The average Bonchev–Trinajstić information content (AvgIpc) is 3.44. The highest BCUT2D eigenvalue weighted by Crippen LogP contribution is 2.47. The number of benzene rings is 1. The number of rotatable bonds is 8. The predicted octanol–water partition coefficient (Wildman–Crippen LogP) is 5.19. The second-order valence-electron chi connectivity index (χ2n) is 8.70. The summed E-state index contributed by atoms with van der Waals surface area (Å²) in [5.41, 5.74) is -0.194. The lowest BCUT2D eigenvalue weighted by atomic mass is 9.78. The van der Waals surface area contributed by atoms with E-state index in [0.717, 1.165) is 49.4 Å². The SMILES string of the molecule is FC(F)(F)C1(Cn2cnnc2CCCCC2CCNC2)C=CC(c2ccccc2)=CC1. The predicted molar refractivity (Wildman–Crippen MR) is 115 cm³/mol. The summed E-state index contributed by atoms with van der Waals surface area (Å²) in [5, 5.41) is 11.4. The Balaban J connectivity index is 1.42. The van der Waals surface area contributed by atoms with Crippen molar-refractivity contribution in [2.45, 2.75) is 51.2 Å². The fourth-order valence-electron chi connectivity index (χ4n) is 4.52. The normalized spacial score (nSPS) is 23.8. The molecule has 1 saturated heterocycles. The number of nitrogens with zero attached hydrogens (tertiary/aromatic N) is 3. The van der Waals surface area contributed by atoms with Crippen molar-refractivity contribution < 1.29 is 13.2 Å². The van der Waals surface area contributed by atoms with Gasteiger partial charge < -0.3 is 9.88 Å². The number of aryl methyl sites for hydroxylation is 1. The summed E-state index contributed by atoms with van der Waals surface area (Å²) < 4.78 is 44.2. The van der Waals surface area contributed by atoms with Gasteiger partial charge in [0.05, 0.1) is 0 Å². The standard InChI is InChI=1S/C24H29F3N4/c25-24(26,27)23(13-10-21(11-14-23)20-7-2-1-3-8-20)17-31-18-29-30-22(31)9-5-4-6-19-12-15-28-16-19/h1-3,7-8,10-11,13,18-19,28H,4-6,9,12,14-17H2. The van der Waals surface area contributed by atoms with Crippen molar-refractivity contribution in [2.75, 3.05) is 13.1 Å². The zero-order valence-electron chi connectivity index (χ0n) is 17.6. The van der Waals surface area contributed by atoms with Gasteiger partial charge in [-0.25, -0.2) is 0 Å². The van der Waals surface area contributed by atoms with Gasteiger partial charge in [0, 0.05) is 13.0 Å². The van der Waals surface area contributed by atoms with Gasteiger partial charge in [0.1, 0.15) is 17.6 Å². The zero-order valence-corrected chi connectivity index (χ0v) is 17.6. The van der Waals surface area contributed by atoms with E-state index in [9.17, 15) is 13.2 Å². The maximum Gasteiger partial charge on any atom is 0.399 e. The van der Waals surface area contributed by atoms with Gasteiger partial charge in [-0.1, -0.05) is 55.0 Å². The van der Waals surface area contributed by atoms with Crippen LogP contribution in [0.4, 0.5) is 13.2 Å². The van der Waals surface area contributed by atoms with Crippen LogP contribution in [0.1, 0.15) is 43.5 Å². The Morgan fingerprint density at radius 2 is 2.00 bits per heavy atom. The maximum atomic E-state index is 14.2. The second kappa shape index (κ2) is 9.39. The zero-order chi connectivity index (χ0) is 21.7. The van der Waals surface area contributed by atoms with Crippen LogP contribution in [0.25, 0.3) is 5.57 Å². The van der Waals surface area contributed by atoms with Crippen LogP contribution >= 0.6 is 0 Å². The number of alkyl halides is 3. The third-order valence-electron chi connectivity index (χ3n) is 6.51. The molecule has 4 nitrogen and oxygen atoms in total. The van der Waals surface area contributed by atoms with Crippen LogP contribution in [0.3, 0.4) is 0 Å². The summed E-state index contributed by atoms with van der Waals surface area (Å²) >= 11 is 0. The molecular weight excluding hydrogens is 401 g/mol. The molecule has 1 aliphatic heterocycles. The Bertz CT molecular complexity index is 910. The number of halogens is 3. The lowest BCUT2D eigenvalue weighted by Crippen LogP contribution is -2.41. The largest absolute Gasteiger partial charge is 0.399 e. The molecule has 1 aromatic carbocycles. The molecular formula is C24H29F3N4. The molecule has 0 bridgehead atoms. The number of unbranched alkanes of at least 4 members (excludes halogenated alkanes) is 1.